The van der Waals surface area contributed by atoms with Gasteiger partial charge in [-0.25, -0.2) is 12.8 Å². The molecule has 0 spiro atoms. The maximum atomic E-state index is 13.4. The average molecular weight is 299 g/mol. The number of fused-ring (bicyclic) bond motifs is 1. The predicted octanol–water partition coefficient (Wildman–Crippen LogP) is 1.40. The van der Waals surface area contributed by atoms with Gasteiger partial charge >= 0.3 is 0 Å². The number of sulfone groups is 1. The maximum absolute atomic E-state index is 13.4. The molecule has 1 aliphatic heterocycles. The first-order valence-electron chi connectivity index (χ1n) is 6.91. The predicted molar refractivity (Wildman–Crippen MR) is 72.5 cm³/mol. The molecule has 0 saturated heterocycles. The molecular formula is C14H18FNO3S. The highest BCUT2D eigenvalue weighted by molar-refractivity contribution is 7.91. The van der Waals surface area contributed by atoms with E-state index in [2.05, 4.69) is 5.32 Å². The number of halogens is 1. The summed E-state index contributed by atoms with van der Waals surface area (Å²) in [5.74, 6) is -0.0137. The van der Waals surface area contributed by atoms with E-state index in [1.54, 1.807) is 0 Å². The van der Waals surface area contributed by atoms with E-state index < -0.39 is 21.8 Å². The van der Waals surface area contributed by atoms with Crippen LogP contribution < -0.4 is 5.32 Å². The highest BCUT2D eigenvalue weighted by atomic mass is 32.2. The van der Waals surface area contributed by atoms with Crippen LogP contribution >= 0.6 is 0 Å². The van der Waals surface area contributed by atoms with Gasteiger partial charge in [-0.2, -0.15) is 0 Å². The van der Waals surface area contributed by atoms with E-state index in [1.807, 2.05) is 0 Å². The lowest BCUT2D eigenvalue weighted by Gasteiger charge is -2.27. The molecule has 1 aliphatic carbocycles. The zero-order valence-corrected chi connectivity index (χ0v) is 11.9. The molecule has 2 N–H and O–H groups in total. The summed E-state index contributed by atoms with van der Waals surface area (Å²) in [5.41, 5.74) is 0.485. The number of hydrogen-bond donors (Lipinski definition) is 2. The summed E-state index contributed by atoms with van der Waals surface area (Å²) in [6.45, 7) is 0.422. The summed E-state index contributed by atoms with van der Waals surface area (Å²) < 4.78 is 37.4. The van der Waals surface area contributed by atoms with Gasteiger partial charge in [0.1, 0.15) is 5.82 Å². The zero-order valence-electron chi connectivity index (χ0n) is 11.0. The van der Waals surface area contributed by atoms with Crippen LogP contribution in [0.4, 0.5) is 4.39 Å². The van der Waals surface area contributed by atoms with Gasteiger partial charge in [-0.05, 0) is 48.9 Å². The molecule has 2 aliphatic rings. The van der Waals surface area contributed by atoms with Crippen LogP contribution in [0, 0.1) is 11.7 Å². The van der Waals surface area contributed by atoms with Crippen molar-refractivity contribution >= 4 is 9.84 Å². The molecule has 20 heavy (non-hydrogen) atoms. The summed E-state index contributed by atoms with van der Waals surface area (Å²) >= 11 is 0. The molecule has 2 atom stereocenters. The van der Waals surface area contributed by atoms with Crippen molar-refractivity contribution in [2.45, 2.75) is 36.3 Å². The Labute approximate surface area is 117 Å². The van der Waals surface area contributed by atoms with Crippen LogP contribution in [0.15, 0.2) is 23.1 Å². The Kier molecular flexibility index (Phi) is 3.56. The number of benzene rings is 1. The molecule has 110 valence electrons. The highest BCUT2D eigenvalue weighted by Crippen LogP contribution is 2.34. The molecule has 0 aromatic heterocycles. The quantitative estimate of drug-likeness (QED) is 0.825. The Balaban J connectivity index is 1.81. The van der Waals surface area contributed by atoms with E-state index in [0.717, 1.165) is 12.8 Å². The summed E-state index contributed by atoms with van der Waals surface area (Å²) in [6, 6.07) is 3.59. The van der Waals surface area contributed by atoms with Crippen LogP contribution in [-0.2, 0) is 9.84 Å². The van der Waals surface area contributed by atoms with Gasteiger partial charge < -0.3 is 10.4 Å². The Hall–Kier alpha value is -0.980. The fourth-order valence-electron chi connectivity index (χ4n) is 2.74. The molecule has 0 bridgehead atoms. The maximum Gasteiger partial charge on any atom is 0.178 e. The summed E-state index contributed by atoms with van der Waals surface area (Å²) in [6.07, 6.45) is 2.11. The smallest absolute Gasteiger partial charge is 0.178 e. The van der Waals surface area contributed by atoms with Crippen LogP contribution in [0.1, 0.15) is 30.9 Å². The van der Waals surface area contributed by atoms with E-state index in [1.165, 1.54) is 18.2 Å². The van der Waals surface area contributed by atoms with Crippen molar-refractivity contribution in [3.05, 3.63) is 29.6 Å². The Morgan fingerprint density at radius 2 is 2.10 bits per heavy atom. The normalized spacial score (nSPS) is 26.0. The Bertz CT molecular complexity index is 613. The highest BCUT2D eigenvalue weighted by Gasteiger charge is 2.33. The number of hydrogen-bond acceptors (Lipinski definition) is 4. The third kappa shape index (κ3) is 2.73. The molecule has 1 aromatic rings. The van der Waals surface area contributed by atoms with Gasteiger partial charge in [-0.3, -0.25) is 0 Å². The first-order chi connectivity index (χ1) is 9.47. The minimum absolute atomic E-state index is 0.0584. The van der Waals surface area contributed by atoms with Gasteiger partial charge in [0.15, 0.2) is 9.84 Å². The largest absolute Gasteiger partial charge is 0.392 e. The van der Waals surface area contributed by atoms with Crippen LogP contribution in [-0.4, -0.2) is 31.9 Å². The summed E-state index contributed by atoms with van der Waals surface area (Å²) in [4.78, 5) is 0.212. The van der Waals surface area contributed by atoms with Crippen LogP contribution in [0.3, 0.4) is 0 Å². The van der Waals surface area contributed by atoms with Gasteiger partial charge in [-0.15, -0.1) is 0 Å². The second-order valence-corrected chi connectivity index (χ2v) is 7.73. The first-order valence-corrected chi connectivity index (χ1v) is 8.56. The topological polar surface area (TPSA) is 66.4 Å². The van der Waals surface area contributed by atoms with E-state index in [9.17, 15) is 17.9 Å². The van der Waals surface area contributed by atoms with Crippen LogP contribution in [0.25, 0.3) is 0 Å². The molecular weight excluding hydrogens is 281 g/mol. The van der Waals surface area contributed by atoms with Crippen molar-refractivity contribution in [2.24, 2.45) is 5.92 Å². The monoisotopic (exact) mass is 299 g/mol. The molecule has 1 aromatic carbocycles. The lowest BCUT2D eigenvalue weighted by Crippen LogP contribution is -2.35. The molecule has 2 unspecified atom stereocenters. The second kappa shape index (κ2) is 5.09. The molecule has 3 rings (SSSR count). The van der Waals surface area contributed by atoms with Crippen molar-refractivity contribution in [1.29, 1.82) is 0 Å². The van der Waals surface area contributed by atoms with Gasteiger partial charge in [0.25, 0.3) is 0 Å². The Morgan fingerprint density at radius 1 is 1.35 bits per heavy atom. The average Bonchev–Trinajstić information content (AvgIpc) is 3.21. The third-order valence-corrected chi connectivity index (χ3v) is 5.91. The number of nitrogens with one attached hydrogen (secondary N) is 1. The van der Waals surface area contributed by atoms with E-state index in [4.69, 9.17) is 0 Å². The van der Waals surface area contributed by atoms with Gasteiger partial charge in [-0.1, -0.05) is 0 Å². The lowest BCUT2D eigenvalue weighted by atomic mass is 10.0. The van der Waals surface area contributed by atoms with Crippen molar-refractivity contribution in [2.75, 3.05) is 12.3 Å². The second-order valence-electron chi connectivity index (χ2n) is 5.66. The van der Waals surface area contributed by atoms with E-state index in [-0.39, 0.29) is 16.7 Å². The molecule has 1 heterocycles. The fourth-order valence-corrected chi connectivity index (χ4v) is 4.34. The van der Waals surface area contributed by atoms with Crippen molar-refractivity contribution in [3.8, 4) is 0 Å². The SMILES string of the molecule is O=S1(=O)CCC(NCC(O)C2CC2)c2cc(F)ccc21. The number of aliphatic hydroxyl groups excluding tert-OH is 1. The minimum Gasteiger partial charge on any atom is -0.392 e. The Morgan fingerprint density at radius 3 is 2.80 bits per heavy atom. The fraction of sp³-hybridized carbons (Fsp3) is 0.571. The summed E-state index contributed by atoms with van der Waals surface area (Å²) in [5, 5.41) is 13.1. The standard InChI is InChI=1S/C14H18FNO3S/c15-10-3-4-14-11(7-10)12(5-6-20(14,18)19)16-8-13(17)9-1-2-9/h3-4,7,9,12-13,16-17H,1-2,5-6,8H2. The van der Waals surface area contributed by atoms with Gasteiger partial charge in [0.2, 0.25) is 0 Å². The lowest BCUT2D eigenvalue weighted by molar-refractivity contribution is 0.144. The number of rotatable bonds is 4. The molecule has 4 nitrogen and oxygen atoms in total. The van der Waals surface area contributed by atoms with Crippen LogP contribution in [0.2, 0.25) is 0 Å². The van der Waals surface area contributed by atoms with E-state index >= 15 is 0 Å². The van der Waals surface area contributed by atoms with E-state index in [0.29, 0.717) is 24.4 Å². The molecule has 1 fully saturated rings. The molecule has 0 radical (unpaired) electrons. The third-order valence-electron chi connectivity index (χ3n) is 4.10. The summed E-state index contributed by atoms with van der Waals surface area (Å²) in [7, 11) is -3.30. The zero-order chi connectivity index (χ0) is 14.3. The molecule has 0 amide bonds. The first kappa shape index (κ1) is 14.0. The van der Waals surface area contributed by atoms with Crippen molar-refractivity contribution < 1.29 is 17.9 Å². The van der Waals surface area contributed by atoms with Crippen molar-refractivity contribution in [1.82, 2.24) is 5.32 Å². The van der Waals surface area contributed by atoms with Crippen LogP contribution in [0.5, 0.6) is 0 Å². The molecule has 6 heteroatoms. The molecule has 1 saturated carbocycles. The van der Waals surface area contributed by atoms with Gasteiger partial charge in [0, 0.05) is 12.6 Å². The van der Waals surface area contributed by atoms with Crippen molar-refractivity contribution in [3.63, 3.8) is 0 Å². The number of aliphatic hydroxyl groups is 1. The van der Waals surface area contributed by atoms with Gasteiger partial charge in [0.05, 0.1) is 16.8 Å². The minimum atomic E-state index is -3.30.